The first-order valence-corrected chi connectivity index (χ1v) is 5.82. The van der Waals surface area contributed by atoms with Crippen LogP contribution in [0.25, 0.3) is 0 Å². The zero-order chi connectivity index (χ0) is 14.7. The van der Waals surface area contributed by atoms with Crippen LogP contribution in [-0.2, 0) is 0 Å². The van der Waals surface area contributed by atoms with Crippen molar-refractivity contribution in [3.05, 3.63) is 38.9 Å². The molecule has 0 N–H and O–H groups in total. The van der Waals surface area contributed by atoms with Crippen LogP contribution in [0.5, 0.6) is 17.5 Å². The third kappa shape index (κ3) is 3.22. The lowest BCUT2D eigenvalue weighted by atomic mass is 10.3. The number of ether oxygens (including phenoxy) is 2. The van der Waals surface area contributed by atoms with Gasteiger partial charge >= 0.3 is 11.7 Å². The average molecular weight is 317 g/mol. The highest BCUT2D eigenvalue weighted by atomic mass is 35.5. The van der Waals surface area contributed by atoms with E-state index in [-0.39, 0.29) is 28.0 Å². The minimum Gasteiger partial charge on any atom is -0.496 e. The summed E-state index contributed by atoms with van der Waals surface area (Å²) in [6, 6.07) is 3.80. The molecular formula is C10H6Cl2N4O4. The fraction of sp³-hybridized carbons (Fsp3) is 0.100. The number of nitro groups is 1. The first-order valence-electron chi connectivity index (χ1n) is 5.07. The molecule has 2 aromatic rings. The Morgan fingerprint density at radius 1 is 1.20 bits per heavy atom. The second-order valence-corrected chi connectivity index (χ2v) is 4.02. The predicted octanol–water partition coefficient (Wildman–Crippen LogP) is 2.89. The van der Waals surface area contributed by atoms with E-state index in [1.54, 1.807) is 0 Å². The largest absolute Gasteiger partial charge is 0.496 e. The van der Waals surface area contributed by atoms with Crippen molar-refractivity contribution in [1.29, 1.82) is 0 Å². The van der Waals surface area contributed by atoms with Crippen LogP contribution >= 0.6 is 23.2 Å². The quantitative estimate of drug-likeness (QED) is 0.631. The molecule has 0 saturated heterocycles. The standard InChI is InChI=1S/C10H6Cl2N4O4/c1-19-5-2-3-7(6(4-5)16(17)18)20-10-14-8(11)13-9(12)15-10/h2-4H,1H3. The molecule has 0 bridgehead atoms. The summed E-state index contributed by atoms with van der Waals surface area (Å²) >= 11 is 11.2. The topological polar surface area (TPSA) is 100 Å². The normalized spacial score (nSPS) is 10.2. The molecule has 2 rings (SSSR count). The summed E-state index contributed by atoms with van der Waals surface area (Å²) in [6.45, 7) is 0. The van der Waals surface area contributed by atoms with Gasteiger partial charge in [0, 0.05) is 0 Å². The maximum absolute atomic E-state index is 11.0. The Hall–Kier alpha value is -2.19. The molecule has 0 amide bonds. The van der Waals surface area contributed by atoms with Crippen LogP contribution in [0.2, 0.25) is 10.6 Å². The highest BCUT2D eigenvalue weighted by Gasteiger charge is 2.18. The van der Waals surface area contributed by atoms with Crippen LogP contribution in [-0.4, -0.2) is 27.0 Å². The number of aromatic nitrogens is 3. The van der Waals surface area contributed by atoms with Crippen molar-refractivity contribution in [1.82, 2.24) is 15.0 Å². The van der Waals surface area contributed by atoms with Gasteiger partial charge in [-0.2, -0.15) is 15.0 Å². The van der Waals surface area contributed by atoms with Crippen LogP contribution < -0.4 is 9.47 Å². The zero-order valence-corrected chi connectivity index (χ0v) is 11.4. The van der Waals surface area contributed by atoms with E-state index < -0.39 is 4.92 Å². The molecule has 0 aliphatic rings. The lowest BCUT2D eigenvalue weighted by molar-refractivity contribution is -0.385. The third-order valence-electron chi connectivity index (χ3n) is 2.12. The van der Waals surface area contributed by atoms with Gasteiger partial charge < -0.3 is 9.47 Å². The molecule has 20 heavy (non-hydrogen) atoms. The Morgan fingerprint density at radius 3 is 2.40 bits per heavy atom. The highest BCUT2D eigenvalue weighted by molar-refractivity contribution is 6.31. The Bertz CT molecular complexity index is 647. The van der Waals surface area contributed by atoms with Gasteiger partial charge in [-0.3, -0.25) is 10.1 Å². The molecule has 0 unspecified atom stereocenters. The number of methoxy groups -OCH3 is 1. The summed E-state index contributed by atoms with van der Waals surface area (Å²) in [5, 5.41) is 10.6. The van der Waals surface area contributed by atoms with E-state index in [0.717, 1.165) is 0 Å². The van der Waals surface area contributed by atoms with Gasteiger partial charge in [0.15, 0.2) is 0 Å². The van der Waals surface area contributed by atoms with Crippen LogP contribution in [0.3, 0.4) is 0 Å². The predicted molar refractivity (Wildman–Crippen MR) is 69.6 cm³/mol. The van der Waals surface area contributed by atoms with Gasteiger partial charge in [0.2, 0.25) is 16.3 Å². The van der Waals surface area contributed by atoms with Crippen molar-refractivity contribution < 1.29 is 14.4 Å². The van der Waals surface area contributed by atoms with E-state index in [0.29, 0.717) is 5.75 Å². The van der Waals surface area contributed by atoms with Gasteiger partial charge in [-0.15, -0.1) is 0 Å². The van der Waals surface area contributed by atoms with Crippen molar-refractivity contribution in [3.8, 4) is 17.5 Å². The van der Waals surface area contributed by atoms with E-state index >= 15 is 0 Å². The molecule has 0 radical (unpaired) electrons. The van der Waals surface area contributed by atoms with Crippen molar-refractivity contribution in [2.45, 2.75) is 0 Å². The maximum Gasteiger partial charge on any atom is 0.327 e. The van der Waals surface area contributed by atoms with E-state index in [9.17, 15) is 10.1 Å². The maximum atomic E-state index is 11.0. The van der Waals surface area contributed by atoms with E-state index in [1.807, 2.05) is 0 Å². The molecule has 0 fully saturated rings. The van der Waals surface area contributed by atoms with Gasteiger partial charge in [0.25, 0.3) is 0 Å². The minimum absolute atomic E-state index is 0.0749. The summed E-state index contributed by atoms with van der Waals surface area (Å²) in [7, 11) is 1.39. The molecular weight excluding hydrogens is 311 g/mol. The zero-order valence-electron chi connectivity index (χ0n) is 9.91. The molecule has 0 atom stereocenters. The van der Waals surface area contributed by atoms with Crippen molar-refractivity contribution in [2.75, 3.05) is 7.11 Å². The van der Waals surface area contributed by atoms with Crippen molar-refractivity contribution in [3.63, 3.8) is 0 Å². The third-order valence-corrected chi connectivity index (χ3v) is 2.46. The fourth-order valence-electron chi connectivity index (χ4n) is 1.31. The number of benzene rings is 1. The van der Waals surface area contributed by atoms with Crippen LogP contribution in [0.4, 0.5) is 5.69 Å². The summed E-state index contributed by atoms with van der Waals surface area (Å²) in [5.41, 5.74) is -0.308. The van der Waals surface area contributed by atoms with Crippen molar-refractivity contribution >= 4 is 28.9 Å². The lowest BCUT2D eigenvalue weighted by Crippen LogP contribution is -1.98. The minimum atomic E-state index is -0.623. The summed E-state index contributed by atoms with van der Waals surface area (Å²) in [4.78, 5) is 21.2. The van der Waals surface area contributed by atoms with Crippen LogP contribution in [0.15, 0.2) is 18.2 Å². The summed E-state index contributed by atoms with van der Waals surface area (Å²) in [5.74, 6) is 0.241. The first kappa shape index (κ1) is 14.2. The average Bonchev–Trinajstić information content (AvgIpc) is 2.37. The summed E-state index contributed by atoms with van der Waals surface area (Å²) < 4.78 is 10.1. The molecule has 1 aromatic carbocycles. The molecule has 0 aliphatic heterocycles. The second-order valence-electron chi connectivity index (χ2n) is 3.35. The smallest absolute Gasteiger partial charge is 0.327 e. The van der Waals surface area contributed by atoms with Gasteiger partial charge in [0.05, 0.1) is 18.1 Å². The van der Waals surface area contributed by atoms with E-state index in [4.69, 9.17) is 32.7 Å². The number of nitrogens with zero attached hydrogens (tertiary/aromatic N) is 4. The van der Waals surface area contributed by atoms with E-state index in [2.05, 4.69) is 15.0 Å². The van der Waals surface area contributed by atoms with E-state index in [1.165, 1.54) is 25.3 Å². The molecule has 10 heteroatoms. The molecule has 0 spiro atoms. The van der Waals surface area contributed by atoms with Gasteiger partial charge in [-0.25, -0.2) is 0 Å². The Labute approximate surface area is 122 Å². The molecule has 1 heterocycles. The summed E-state index contributed by atoms with van der Waals surface area (Å²) in [6.07, 6.45) is 0. The SMILES string of the molecule is COc1ccc(Oc2nc(Cl)nc(Cl)n2)c([N+](=O)[O-])c1. The van der Waals surface area contributed by atoms with Gasteiger partial charge in [-0.05, 0) is 35.3 Å². The number of nitro benzene ring substituents is 1. The fourth-order valence-corrected chi connectivity index (χ4v) is 1.65. The number of rotatable bonds is 4. The van der Waals surface area contributed by atoms with Crippen LogP contribution in [0.1, 0.15) is 0 Å². The number of halogens is 2. The molecule has 1 aromatic heterocycles. The highest BCUT2D eigenvalue weighted by Crippen LogP contribution is 2.33. The molecule has 0 saturated carbocycles. The van der Waals surface area contributed by atoms with Gasteiger partial charge in [0.1, 0.15) is 5.75 Å². The lowest BCUT2D eigenvalue weighted by Gasteiger charge is -2.06. The molecule has 0 aliphatic carbocycles. The first-order chi connectivity index (χ1) is 9.49. The number of hydrogen-bond acceptors (Lipinski definition) is 7. The number of hydrogen-bond donors (Lipinski definition) is 0. The van der Waals surface area contributed by atoms with Gasteiger partial charge in [-0.1, -0.05) is 0 Å². The Kier molecular flexibility index (Phi) is 4.16. The molecule has 104 valence electrons. The monoisotopic (exact) mass is 316 g/mol. The van der Waals surface area contributed by atoms with Crippen molar-refractivity contribution in [2.24, 2.45) is 0 Å². The Morgan fingerprint density at radius 2 is 1.85 bits per heavy atom. The Balaban J connectivity index is 2.39. The second kappa shape index (κ2) is 5.85. The van der Waals surface area contributed by atoms with Crippen LogP contribution in [0, 0.1) is 10.1 Å². The molecule has 8 nitrogen and oxygen atoms in total.